The Morgan fingerprint density at radius 1 is 1.50 bits per heavy atom. The number of ether oxygens (including phenoxy) is 1. The second-order valence-corrected chi connectivity index (χ2v) is 5.58. The van der Waals surface area contributed by atoms with Gasteiger partial charge in [-0.05, 0) is 49.8 Å². The monoisotopic (exact) mass is 268 g/mol. The molecule has 2 rings (SSSR count). The largest absolute Gasteiger partial charge is 0.378 e. The third-order valence-electron chi connectivity index (χ3n) is 4.07. The van der Waals surface area contributed by atoms with E-state index in [2.05, 4.69) is 11.5 Å². The lowest BCUT2D eigenvalue weighted by atomic mass is 9.75. The van der Waals surface area contributed by atoms with Crippen LogP contribution in [0.5, 0.6) is 0 Å². The van der Waals surface area contributed by atoms with Crippen molar-refractivity contribution in [3.8, 4) is 0 Å². The van der Waals surface area contributed by atoms with Gasteiger partial charge >= 0.3 is 0 Å². The summed E-state index contributed by atoms with van der Waals surface area (Å²) in [6.07, 6.45) is 4.35. The Bertz CT molecular complexity index is 413. The van der Waals surface area contributed by atoms with Gasteiger partial charge in [-0.15, -0.1) is 0 Å². The number of methoxy groups -OCH3 is 1. The van der Waals surface area contributed by atoms with Crippen LogP contribution in [0.15, 0.2) is 18.2 Å². The molecule has 1 fully saturated rings. The van der Waals surface area contributed by atoms with Crippen LogP contribution in [-0.4, -0.2) is 12.7 Å². The minimum Gasteiger partial charge on any atom is -0.378 e. The van der Waals surface area contributed by atoms with Gasteiger partial charge in [0.25, 0.3) is 0 Å². The van der Waals surface area contributed by atoms with Crippen LogP contribution in [0.1, 0.15) is 42.9 Å². The number of nitrogens with one attached hydrogen (secondary N) is 1. The number of hydrazine groups is 1. The standard InChI is InChI=1S/C14H21ClN2O/c1-10-4-5-11(8-12(10)15)13(17-16)9-14(18-2)6-3-7-14/h4-5,8,13,17H,3,6-7,9,16H2,1-2H3. The summed E-state index contributed by atoms with van der Waals surface area (Å²) in [5.74, 6) is 5.68. The van der Waals surface area contributed by atoms with Gasteiger partial charge in [-0.3, -0.25) is 11.3 Å². The Morgan fingerprint density at radius 3 is 2.67 bits per heavy atom. The lowest BCUT2D eigenvalue weighted by Gasteiger charge is -2.42. The number of halogens is 1. The fourth-order valence-corrected chi connectivity index (χ4v) is 2.72. The molecule has 1 aromatic rings. The molecule has 0 amide bonds. The first-order valence-electron chi connectivity index (χ1n) is 6.37. The van der Waals surface area contributed by atoms with Crippen molar-refractivity contribution < 1.29 is 4.74 Å². The van der Waals surface area contributed by atoms with Crippen molar-refractivity contribution in [3.63, 3.8) is 0 Å². The van der Waals surface area contributed by atoms with Crippen LogP contribution in [0.3, 0.4) is 0 Å². The molecule has 4 heteroatoms. The van der Waals surface area contributed by atoms with E-state index in [1.165, 1.54) is 6.42 Å². The van der Waals surface area contributed by atoms with Crippen LogP contribution in [0.25, 0.3) is 0 Å². The second-order valence-electron chi connectivity index (χ2n) is 5.17. The molecule has 1 unspecified atom stereocenters. The summed E-state index contributed by atoms with van der Waals surface area (Å²) in [6.45, 7) is 2.00. The maximum absolute atomic E-state index is 6.17. The first-order chi connectivity index (χ1) is 8.60. The van der Waals surface area contributed by atoms with Crippen molar-refractivity contribution in [2.24, 2.45) is 5.84 Å². The highest BCUT2D eigenvalue weighted by atomic mass is 35.5. The van der Waals surface area contributed by atoms with Crippen molar-refractivity contribution in [1.82, 2.24) is 5.43 Å². The molecule has 18 heavy (non-hydrogen) atoms. The number of benzene rings is 1. The smallest absolute Gasteiger partial charge is 0.0697 e. The normalized spacial score (nSPS) is 19.3. The zero-order valence-corrected chi connectivity index (χ0v) is 11.8. The number of rotatable bonds is 5. The van der Waals surface area contributed by atoms with Gasteiger partial charge < -0.3 is 4.74 Å². The van der Waals surface area contributed by atoms with E-state index in [9.17, 15) is 0 Å². The van der Waals surface area contributed by atoms with E-state index in [1.54, 1.807) is 7.11 Å². The molecule has 3 N–H and O–H groups in total. The molecule has 0 saturated heterocycles. The topological polar surface area (TPSA) is 47.3 Å². The lowest BCUT2D eigenvalue weighted by Crippen LogP contribution is -2.44. The molecule has 1 saturated carbocycles. The fourth-order valence-electron chi connectivity index (χ4n) is 2.53. The predicted molar refractivity (Wildman–Crippen MR) is 74.5 cm³/mol. The highest BCUT2D eigenvalue weighted by molar-refractivity contribution is 6.31. The van der Waals surface area contributed by atoms with Gasteiger partial charge in [-0.2, -0.15) is 0 Å². The molecule has 0 radical (unpaired) electrons. The van der Waals surface area contributed by atoms with Crippen LogP contribution in [0.4, 0.5) is 0 Å². The summed E-state index contributed by atoms with van der Waals surface area (Å²) < 4.78 is 5.65. The van der Waals surface area contributed by atoms with Crippen LogP contribution in [0.2, 0.25) is 5.02 Å². The molecule has 0 spiro atoms. The van der Waals surface area contributed by atoms with Crippen molar-refractivity contribution in [1.29, 1.82) is 0 Å². The Morgan fingerprint density at radius 2 is 2.22 bits per heavy atom. The molecule has 1 aliphatic carbocycles. The quantitative estimate of drug-likeness (QED) is 0.637. The first kappa shape index (κ1) is 13.8. The van der Waals surface area contributed by atoms with E-state index in [4.69, 9.17) is 22.2 Å². The lowest BCUT2D eigenvalue weighted by molar-refractivity contribution is -0.0838. The molecule has 0 aliphatic heterocycles. The SMILES string of the molecule is COC1(CC(NN)c2ccc(C)c(Cl)c2)CCC1. The van der Waals surface area contributed by atoms with Crippen molar-refractivity contribution in [3.05, 3.63) is 34.3 Å². The van der Waals surface area contributed by atoms with Crippen molar-refractivity contribution in [2.45, 2.75) is 44.2 Å². The zero-order valence-electron chi connectivity index (χ0n) is 11.0. The predicted octanol–water partition coefficient (Wildman–Crippen LogP) is 3.11. The molecule has 3 nitrogen and oxygen atoms in total. The minimum atomic E-state index is -0.00556. The number of hydrogen-bond acceptors (Lipinski definition) is 3. The van der Waals surface area contributed by atoms with Crippen LogP contribution in [0, 0.1) is 6.92 Å². The molecule has 0 heterocycles. The third-order valence-corrected chi connectivity index (χ3v) is 4.48. The number of aryl methyl sites for hydroxylation is 1. The summed E-state index contributed by atoms with van der Waals surface area (Å²) in [5, 5.41) is 0.785. The second kappa shape index (κ2) is 5.57. The summed E-state index contributed by atoms with van der Waals surface area (Å²) >= 11 is 6.17. The summed E-state index contributed by atoms with van der Waals surface area (Å²) in [6, 6.07) is 6.18. The Balaban J connectivity index is 2.14. The molecular formula is C14H21ClN2O. The average molecular weight is 269 g/mol. The maximum Gasteiger partial charge on any atom is 0.0697 e. The molecule has 0 bridgehead atoms. The Hall–Kier alpha value is -0.610. The van der Waals surface area contributed by atoms with E-state index in [-0.39, 0.29) is 11.6 Å². The maximum atomic E-state index is 6.17. The van der Waals surface area contributed by atoms with E-state index >= 15 is 0 Å². The van der Waals surface area contributed by atoms with Gasteiger partial charge in [0.2, 0.25) is 0 Å². The molecule has 0 aromatic heterocycles. The Kier molecular flexibility index (Phi) is 4.28. The number of hydrogen-bond donors (Lipinski definition) is 2. The van der Waals surface area contributed by atoms with E-state index in [1.807, 2.05) is 19.1 Å². The summed E-state index contributed by atoms with van der Waals surface area (Å²) in [5.41, 5.74) is 5.09. The van der Waals surface area contributed by atoms with Gasteiger partial charge in [0.1, 0.15) is 0 Å². The number of nitrogens with two attached hydrogens (primary N) is 1. The van der Waals surface area contributed by atoms with E-state index in [0.717, 1.165) is 35.4 Å². The van der Waals surface area contributed by atoms with Crippen LogP contribution >= 0.6 is 11.6 Å². The van der Waals surface area contributed by atoms with E-state index in [0.29, 0.717) is 0 Å². The van der Waals surface area contributed by atoms with Crippen molar-refractivity contribution >= 4 is 11.6 Å². The van der Waals surface area contributed by atoms with Crippen LogP contribution < -0.4 is 11.3 Å². The minimum absolute atomic E-state index is 0.00556. The summed E-state index contributed by atoms with van der Waals surface area (Å²) in [7, 11) is 1.79. The van der Waals surface area contributed by atoms with Gasteiger partial charge in [0.15, 0.2) is 0 Å². The fraction of sp³-hybridized carbons (Fsp3) is 0.571. The zero-order chi connectivity index (χ0) is 13.2. The highest BCUT2D eigenvalue weighted by Crippen LogP contribution is 2.41. The van der Waals surface area contributed by atoms with Gasteiger partial charge in [-0.1, -0.05) is 23.7 Å². The molecule has 1 atom stereocenters. The average Bonchev–Trinajstić information content (AvgIpc) is 2.33. The van der Waals surface area contributed by atoms with Crippen LogP contribution in [-0.2, 0) is 4.74 Å². The first-order valence-corrected chi connectivity index (χ1v) is 6.75. The molecular weight excluding hydrogens is 248 g/mol. The van der Waals surface area contributed by atoms with Gasteiger partial charge in [0.05, 0.1) is 5.60 Å². The van der Waals surface area contributed by atoms with Gasteiger partial charge in [-0.25, -0.2) is 0 Å². The molecule has 1 aromatic carbocycles. The third kappa shape index (κ3) is 2.69. The Labute approximate surface area is 114 Å². The highest BCUT2D eigenvalue weighted by Gasteiger charge is 2.39. The molecule has 100 valence electrons. The summed E-state index contributed by atoms with van der Waals surface area (Å²) in [4.78, 5) is 0. The van der Waals surface area contributed by atoms with E-state index < -0.39 is 0 Å². The van der Waals surface area contributed by atoms with Gasteiger partial charge in [0, 0.05) is 18.2 Å². The molecule has 1 aliphatic rings. The van der Waals surface area contributed by atoms with Crippen molar-refractivity contribution in [2.75, 3.05) is 7.11 Å².